The molecule has 13 nitrogen and oxygen atoms in total. The minimum absolute atomic E-state index is 0.0562. The first kappa shape index (κ1) is 52.3. The minimum Gasteiger partial charge on any atom is -0.374 e. The van der Waals surface area contributed by atoms with Crippen molar-refractivity contribution in [3.63, 3.8) is 0 Å². The van der Waals surface area contributed by atoms with Gasteiger partial charge in [0.1, 0.15) is 48.8 Å². The summed E-state index contributed by atoms with van der Waals surface area (Å²) in [6, 6.07) is 68.2. The summed E-state index contributed by atoms with van der Waals surface area (Å²) in [6.07, 6.45) is -8.24. The molecule has 10 atom stereocenters. The van der Waals surface area contributed by atoms with E-state index in [4.69, 9.17) is 47.4 Å². The number of benzene rings is 7. The molecule has 9 rings (SSSR count). The van der Waals surface area contributed by atoms with Crippen LogP contribution in [0.4, 0.5) is 0 Å². The number of hydrogen-bond acceptors (Lipinski definition) is 11. The Morgan fingerprint density at radius 1 is 0.338 bits per heavy atom. The highest BCUT2D eigenvalue weighted by Gasteiger charge is 2.54. The van der Waals surface area contributed by atoms with Crippen molar-refractivity contribution >= 4 is 0 Å². The van der Waals surface area contributed by atoms with Gasteiger partial charge in [0.2, 0.25) is 0 Å². The molecule has 0 N–H and O–H groups in total. The van der Waals surface area contributed by atoms with Gasteiger partial charge in [-0.2, -0.15) is 0 Å². The molecule has 7 aromatic rings. The quantitative estimate of drug-likeness (QED) is 0.0292. The molecule has 0 aliphatic carbocycles. The monoisotopic (exact) mass is 997 g/mol. The molecular formula is C61H63N3O10. The summed E-state index contributed by atoms with van der Waals surface area (Å²) in [6.45, 7) is 1.78. The fourth-order valence-corrected chi connectivity index (χ4v) is 9.10. The fourth-order valence-electron chi connectivity index (χ4n) is 9.10. The summed E-state index contributed by atoms with van der Waals surface area (Å²) in [5.74, 6) is 0. The van der Waals surface area contributed by atoms with Gasteiger partial charge in [-0.1, -0.05) is 217 Å². The lowest BCUT2D eigenvalue weighted by Crippen LogP contribution is -2.65. The molecule has 7 aromatic carbocycles. The van der Waals surface area contributed by atoms with Crippen LogP contribution in [0.25, 0.3) is 10.4 Å². The average Bonchev–Trinajstić information content (AvgIpc) is 3.46. The SMILES string of the molecule is [N-]=[N+]=N[C@H]1[C@@H](O[C@H]2[C@H](OCc3ccccc3)[C@@H](OCc3ccccc3)[C@H](OCc3ccccc3)O[C@@H]2COCc2ccccc2)O[C@H](COCc2ccccc2)[C@H](OCc2ccccc2)[C@@H]1OCc1ccccc1. The van der Waals surface area contributed by atoms with Crippen LogP contribution in [-0.4, -0.2) is 74.6 Å². The highest BCUT2D eigenvalue weighted by Crippen LogP contribution is 2.37. The summed E-state index contributed by atoms with van der Waals surface area (Å²) < 4.78 is 68.8. The van der Waals surface area contributed by atoms with Crippen molar-refractivity contribution in [3.8, 4) is 0 Å². The van der Waals surface area contributed by atoms with E-state index in [0.717, 1.165) is 38.9 Å². The summed E-state index contributed by atoms with van der Waals surface area (Å²) >= 11 is 0. The van der Waals surface area contributed by atoms with Gasteiger partial charge in [0, 0.05) is 4.91 Å². The van der Waals surface area contributed by atoms with Crippen LogP contribution in [-0.2, 0) is 93.6 Å². The van der Waals surface area contributed by atoms with E-state index in [2.05, 4.69) is 10.0 Å². The summed E-state index contributed by atoms with van der Waals surface area (Å²) in [4.78, 5) is 3.39. The molecule has 74 heavy (non-hydrogen) atoms. The Bertz CT molecular complexity index is 2690. The molecule has 2 heterocycles. The lowest BCUT2D eigenvalue weighted by Gasteiger charge is -2.49. The Morgan fingerprint density at radius 2 is 0.649 bits per heavy atom. The van der Waals surface area contributed by atoms with Crippen molar-refractivity contribution in [2.24, 2.45) is 5.11 Å². The van der Waals surface area contributed by atoms with Gasteiger partial charge in [-0.15, -0.1) is 0 Å². The number of azide groups is 1. The second kappa shape index (κ2) is 28.2. The zero-order valence-electron chi connectivity index (χ0n) is 41.3. The lowest BCUT2D eigenvalue weighted by atomic mass is 9.95. The van der Waals surface area contributed by atoms with Crippen LogP contribution in [0, 0.1) is 0 Å². The van der Waals surface area contributed by atoms with Crippen molar-refractivity contribution in [2.75, 3.05) is 13.2 Å². The molecule has 0 spiro atoms. The Kier molecular flexibility index (Phi) is 19.9. The second-order valence-corrected chi connectivity index (χ2v) is 18.2. The normalized spacial score (nSPS) is 23.7. The summed E-state index contributed by atoms with van der Waals surface area (Å²) in [7, 11) is 0. The molecule has 0 unspecified atom stereocenters. The van der Waals surface area contributed by atoms with Gasteiger partial charge in [-0.25, -0.2) is 0 Å². The predicted molar refractivity (Wildman–Crippen MR) is 279 cm³/mol. The van der Waals surface area contributed by atoms with Crippen LogP contribution in [0.2, 0.25) is 0 Å². The molecular weight excluding hydrogens is 935 g/mol. The molecule has 0 saturated carbocycles. The van der Waals surface area contributed by atoms with Crippen LogP contribution >= 0.6 is 0 Å². The van der Waals surface area contributed by atoms with Crippen LogP contribution in [0.5, 0.6) is 0 Å². The highest BCUT2D eigenvalue weighted by atomic mass is 16.8. The van der Waals surface area contributed by atoms with E-state index in [-0.39, 0.29) is 46.2 Å². The van der Waals surface area contributed by atoms with E-state index in [1.807, 2.05) is 212 Å². The fraction of sp³-hybridized carbons (Fsp3) is 0.311. The third-order valence-electron chi connectivity index (χ3n) is 12.9. The Labute approximate surface area is 433 Å². The van der Waals surface area contributed by atoms with Crippen molar-refractivity contribution in [1.82, 2.24) is 0 Å². The van der Waals surface area contributed by atoms with Crippen LogP contribution < -0.4 is 0 Å². The predicted octanol–water partition coefficient (Wildman–Crippen LogP) is 11.5. The molecule has 2 fully saturated rings. The third kappa shape index (κ3) is 15.3. The van der Waals surface area contributed by atoms with Gasteiger partial charge in [0.15, 0.2) is 12.6 Å². The first-order valence-corrected chi connectivity index (χ1v) is 25.2. The maximum atomic E-state index is 10.4. The largest absolute Gasteiger partial charge is 0.374 e. The first-order valence-electron chi connectivity index (χ1n) is 25.2. The number of nitrogens with zero attached hydrogens (tertiary/aromatic N) is 3. The number of rotatable bonds is 26. The third-order valence-corrected chi connectivity index (χ3v) is 12.9. The smallest absolute Gasteiger partial charge is 0.187 e. The van der Waals surface area contributed by atoms with Gasteiger partial charge in [0.05, 0.1) is 59.5 Å². The Morgan fingerprint density at radius 3 is 1.04 bits per heavy atom. The van der Waals surface area contributed by atoms with E-state index in [1.54, 1.807) is 0 Å². The molecule has 2 aliphatic heterocycles. The zero-order valence-corrected chi connectivity index (χ0v) is 41.3. The summed E-state index contributed by atoms with van der Waals surface area (Å²) in [5, 5.41) is 4.43. The molecule has 0 amide bonds. The second-order valence-electron chi connectivity index (χ2n) is 18.2. The molecule has 0 radical (unpaired) electrons. The molecule has 13 heteroatoms. The van der Waals surface area contributed by atoms with Crippen LogP contribution in [0.1, 0.15) is 38.9 Å². The lowest BCUT2D eigenvalue weighted by molar-refractivity contribution is -0.362. The van der Waals surface area contributed by atoms with Crippen LogP contribution in [0.15, 0.2) is 217 Å². The van der Waals surface area contributed by atoms with Crippen molar-refractivity contribution in [2.45, 2.75) is 108 Å². The molecule has 2 aliphatic rings. The zero-order chi connectivity index (χ0) is 50.4. The van der Waals surface area contributed by atoms with E-state index >= 15 is 0 Å². The minimum atomic E-state index is -1.25. The highest BCUT2D eigenvalue weighted by molar-refractivity contribution is 5.19. The summed E-state index contributed by atoms with van der Waals surface area (Å²) in [5.41, 5.74) is 17.1. The van der Waals surface area contributed by atoms with Gasteiger partial charge in [0.25, 0.3) is 0 Å². The average molecular weight is 998 g/mol. The topological polar surface area (TPSA) is 141 Å². The Balaban J connectivity index is 1.10. The van der Waals surface area contributed by atoms with Gasteiger partial charge < -0.3 is 47.4 Å². The van der Waals surface area contributed by atoms with Gasteiger partial charge in [-0.3, -0.25) is 0 Å². The van der Waals surface area contributed by atoms with Gasteiger partial charge in [-0.05, 0) is 44.5 Å². The van der Waals surface area contributed by atoms with Crippen molar-refractivity contribution in [3.05, 3.63) is 262 Å². The molecule has 0 bridgehead atoms. The number of ether oxygens (including phenoxy) is 10. The Hall–Kier alpha value is -6.55. The maximum absolute atomic E-state index is 10.4. The van der Waals surface area contributed by atoms with E-state index in [0.29, 0.717) is 13.2 Å². The number of hydrogen-bond donors (Lipinski definition) is 0. The van der Waals surface area contributed by atoms with Gasteiger partial charge >= 0.3 is 0 Å². The van der Waals surface area contributed by atoms with Crippen molar-refractivity contribution in [1.29, 1.82) is 0 Å². The van der Waals surface area contributed by atoms with Crippen LogP contribution in [0.3, 0.4) is 0 Å². The first-order chi connectivity index (χ1) is 36.7. The van der Waals surface area contributed by atoms with E-state index in [1.165, 1.54) is 0 Å². The maximum Gasteiger partial charge on any atom is 0.187 e. The molecule has 382 valence electrons. The van der Waals surface area contributed by atoms with Crippen molar-refractivity contribution < 1.29 is 47.4 Å². The van der Waals surface area contributed by atoms with E-state index < -0.39 is 61.3 Å². The van der Waals surface area contributed by atoms with E-state index in [9.17, 15) is 5.53 Å². The standard InChI is InChI=1S/C61H63N3O10/c62-64-63-54-57(68-39-48-28-14-4-15-29-48)55(67-38-47-26-12-3-13-27-47)52(43-65-36-45-22-8-1-9-23-45)72-60(54)74-56-53(44-66-37-46-24-10-2-11-25-46)73-61(71-42-51-34-20-7-21-35-51)59(70-41-50-32-18-6-19-33-50)58(56)69-40-49-30-16-5-17-31-49/h1-35,52-61H,36-44H2/t52-,53-,54-,55+,56-,57-,58+,59-,60-,61-/m1/s1. The molecule has 2 saturated heterocycles. The molecule has 0 aromatic heterocycles.